The van der Waals surface area contributed by atoms with Gasteiger partial charge < -0.3 is 15.2 Å². The number of aromatic nitrogens is 1. The lowest BCUT2D eigenvalue weighted by molar-refractivity contribution is -0.000953. The minimum absolute atomic E-state index is 0.110. The van der Waals surface area contributed by atoms with Crippen LogP contribution in [0.5, 0.6) is 0 Å². The van der Waals surface area contributed by atoms with Gasteiger partial charge in [-0.2, -0.15) is 0 Å². The third-order valence-corrected chi connectivity index (χ3v) is 3.65. The summed E-state index contributed by atoms with van der Waals surface area (Å²) in [6.07, 6.45) is 0.724. The Kier molecular flexibility index (Phi) is 6.32. The summed E-state index contributed by atoms with van der Waals surface area (Å²) in [5, 5.41) is 17.3. The van der Waals surface area contributed by atoms with Crippen molar-refractivity contribution in [2.75, 3.05) is 18.5 Å². The van der Waals surface area contributed by atoms with Gasteiger partial charge in [-0.05, 0) is 12.5 Å². The topological polar surface area (TPSA) is 83.5 Å². The highest BCUT2D eigenvalue weighted by Gasteiger charge is 2.11. The van der Waals surface area contributed by atoms with Crippen molar-refractivity contribution in [1.82, 2.24) is 10.3 Å². The molecule has 0 aliphatic heterocycles. The number of urea groups is 1. The molecule has 0 bridgehead atoms. The van der Waals surface area contributed by atoms with Crippen LogP contribution in [0.1, 0.15) is 18.6 Å². The first-order valence-electron chi connectivity index (χ1n) is 6.94. The first kappa shape index (κ1) is 16.4. The van der Waals surface area contributed by atoms with Crippen molar-refractivity contribution >= 4 is 22.5 Å². The van der Waals surface area contributed by atoms with Crippen molar-refractivity contribution in [3.63, 3.8) is 0 Å². The summed E-state index contributed by atoms with van der Waals surface area (Å²) < 4.78 is 5.60. The molecule has 2 rings (SSSR count). The maximum Gasteiger partial charge on any atom is 0.321 e. The van der Waals surface area contributed by atoms with E-state index >= 15 is 0 Å². The maximum atomic E-state index is 11.6. The number of aliphatic hydroxyl groups excluding tert-OH is 1. The van der Waals surface area contributed by atoms with Crippen LogP contribution in [0.2, 0.25) is 0 Å². The van der Waals surface area contributed by atoms with Crippen LogP contribution in [0, 0.1) is 0 Å². The molecule has 6 nitrogen and oxygen atoms in total. The zero-order valence-corrected chi connectivity index (χ0v) is 13.0. The standard InChI is InChI=1S/C15H19N3O3S/c1-11(12-5-3-2-4-6-12)21-10-13(19)9-17-14(20)18-15-16-7-8-22-15/h2-8,11,13,19H,9-10H2,1H3,(H2,16,17,18,20)/t11-,13-/m1/s1. The molecule has 0 saturated carbocycles. The van der Waals surface area contributed by atoms with E-state index in [0.717, 1.165) is 5.56 Å². The summed E-state index contributed by atoms with van der Waals surface area (Å²) >= 11 is 1.33. The van der Waals surface area contributed by atoms with Gasteiger partial charge in [0.25, 0.3) is 0 Å². The van der Waals surface area contributed by atoms with Gasteiger partial charge in [-0.15, -0.1) is 11.3 Å². The van der Waals surface area contributed by atoms with Gasteiger partial charge in [0.05, 0.1) is 18.8 Å². The third kappa shape index (κ3) is 5.44. The number of hydrogen-bond donors (Lipinski definition) is 3. The Balaban J connectivity index is 1.65. The van der Waals surface area contributed by atoms with Crippen LogP contribution in [0.3, 0.4) is 0 Å². The first-order valence-corrected chi connectivity index (χ1v) is 7.82. The number of rotatable bonds is 7. The van der Waals surface area contributed by atoms with Crippen LogP contribution in [0.4, 0.5) is 9.93 Å². The SMILES string of the molecule is C[C@@H](OC[C@H](O)CNC(=O)Nc1nccs1)c1ccccc1. The number of benzene rings is 1. The highest BCUT2D eigenvalue weighted by Crippen LogP contribution is 2.15. The summed E-state index contributed by atoms with van der Waals surface area (Å²) in [7, 11) is 0. The number of amides is 2. The Morgan fingerprint density at radius 1 is 1.41 bits per heavy atom. The number of carbonyl (C=O) groups is 1. The molecule has 0 spiro atoms. The van der Waals surface area contributed by atoms with E-state index in [-0.39, 0.29) is 19.3 Å². The molecule has 2 aromatic rings. The Hall–Kier alpha value is -1.96. The van der Waals surface area contributed by atoms with E-state index in [1.165, 1.54) is 11.3 Å². The second kappa shape index (κ2) is 8.47. The van der Waals surface area contributed by atoms with Crippen molar-refractivity contribution in [2.24, 2.45) is 0 Å². The summed E-state index contributed by atoms with van der Waals surface area (Å²) in [5.41, 5.74) is 1.05. The van der Waals surface area contributed by atoms with Crippen LogP contribution < -0.4 is 10.6 Å². The summed E-state index contributed by atoms with van der Waals surface area (Å²) in [5.74, 6) is 0. The lowest BCUT2D eigenvalue weighted by Crippen LogP contribution is -2.37. The van der Waals surface area contributed by atoms with Crippen LogP contribution >= 0.6 is 11.3 Å². The fourth-order valence-electron chi connectivity index (χ4n) is 1.77. The zero-order valence-electron chi connectivity index (χ0n) is 12.2. The van der Waals surface area contributed by atoms with Crippen LogP contribution in [-0.4, -0.2) is 35.4 Å². The largest absolute Gasteiger partial charge is 0.389 e. The van der Waals surface area contributed by atoms with Crippen molar-refractivity contribution < 1.29 is 14.6 Å². The Morgan fingerprint density at radius 2 is 2.18 bits per heavy atom. The van der Waals surface area contributed by atoms with Gasteiger partial charge in [0.2, 0.25) is 0 Å². The van der Waals surface area contributed by atoms with E-state index in [4.69, 9.17) is 4.74 Å². The Labute approximate surface area is 133 Å². The van der Waals surface area contributed by atoms with Crippen LogP contribution in [0.15, 0.2) is 41.9 Å². The van der Waals surface area contributed by atoms with Crippen LogP contribution in [-0.2, 0) is 4.74 Å². The Morgan fingerprint density at radius 3 is 2.86 bits per heavy atom. The molecule has 7 heteroatoms. The van der Waals surface area contributed by atoms with Crippen LogP contribution in [0.25, 0.3) is 0 Å². The predicted octanol–water partition coefficient (Wildman–Crippen LogP) is 2.40. The van der Waals surface area contributed by atoms with Gasteiger partial charge in [-0.25, -0.2) is 9.78 Å². The molecule has 0 fully saturated rings. The van der Waals surface area contributed by atoms with Crippen molar-refractivity contribution in [3.05, 3.63) is 47.5 Å². The molecule has 0 aliphatic carbocycles. The van der Waals surface area contributed by atoms with Gasteiger partial charge in [-0.3, -0.25) is 5.32 Å². The van der Waals surface area contributed by atoms with E-state index < -0.39 is 12.1 Å². The number of ether oxygens (including phenoxy) is 1. The van der Waals surface area contributed by atoms with Gasteiger partial charge >= 0.3 is 6.03 Å². The Bertz CT molecular complexity index is 563. The number of anilines is 1. The second-order valence-electron chi connectivity index (χ2n) is 4.71. The highest BCUT2D eigenvalue weighted by atomic mass is 32.1. The predicted molar refractivity (Wildman–Crippen MR) is 86.0 cm³/mol. The fourth-order valence-corrected chi connectivity index (χ4v) is 2.30. The maximum absolute atomic E-state index is 11.6. The van der Waals surface area contributed by atoms with Crippen molar-refractivity contribution in [1.29, 1.82) is 0 Å². The average Bonchev–Trinajstić information content (AvgIpc) is 3.04. The number of nitrogens with zero attached hydrogens (tertiary/aromatic N) is 1. The number of hydrogen-bond acceptors (Lipinski definition) is 5. The molecule has 118 valence electrons. The summed E-state index contributed by atoms with van der Waals surface area (Å²) in [6, 6.07) is 9.36. The molecule has 0 saturated heterocycles. The smallest absolute Gasteiger partial charge is 0.321 e. The number of carbonyl (C=O) groups excluding carboxylic acids is 1. The minimum Gasteiger partial charge on any atom is -0.389 e. The average molecular weight is 321 g/mol. The van der Waals surface area contributed by atoms with E-state index in [0.29, 0.717) is 5.13 Å². The first-order chi connectivity index (χ1) is 10.6. The monoisotopic (exact) mass is 321 g/mol. The highest BCUT2D eigenvalue weighted by molar-refractivity contribution is 7.13. The van der Waals surface area contributed by atoms with E-state index in [2.05, 4.69) is 15.6 Å². The molecular weight excluding hydrogens is 302 g/mol. The van der Waals surface area contributed by atoms with E-state index in [1.54, 1.807) is 11.6 Å². The molecule has 0 aliphatic rings. The molecule has 0 radical (unpaired) electrons. The molecule has 1 aromatic heterocycles. The fraction of sp³-hybridized carbons (Fsp3) is 0.333. The summed E-state index contributed by atoms with van der Waals surface area (Å²) in [6.45, 7) is 2.18. The third-order valence-electron chi connectivity index (χ3n) is 2.96. The minimum atomic E-state index is -0.770. The molecule has 0 unspecified atom stereocenters. The molecule has 22 heavy (non-hydrogen) atoms. The second-order valence-corrected chi connectivity index (χ2v) is 5.61. The zero-order chi connectivity index (χ0) is 15.8. The van der Waals surface area contributed by atoms with E-state index in [9.17, 15) is 9.90 Å². The molecule has 1 heterocycles. The number of thiazole rings is 1. The van der Waals surface area contributed by atoms with Gasteiger partial charge in [0, 0.05) is 18.1 Å². The number of nitrogens with one attached hydrogen (secondary N) is 2. The quantitative estimate of drug-likeness (QED) is 0.731. The normalized spacial score (nSPS) is 13.4. The van der Waals surface area contributed by atoms with Crippen molar-refractivity contribution in [3.8, 4) is 0 Å². The molecule has 2 amide bonds. The van der Waals surface area contributed by atoms with Gasteiger partial charge in [0.1, 0.15) is 0 Å². The van der Waals surface area contributed by atoms with Crippen molar-refractivity contribution in [2.45, 2.75) is 19.1 Å². The summed E-state index contributed by atoms with van der Waals surface area (Å²) in [4.78, 5) is 15.5. The molecular formula is C15H19N3O3S. The lowest BCUT2D eigenvalue weighted by atomic mass is 10.1. The van der Waals surface area contributed by atoms with Gasteiger partial charge in [0.15, 0.2) is 5.13 Å². The molecule has 1 aromatic carbocycles. The molecule has 2 atom stereocenters. The van der Waals surface area contributed by atoms with Gasteiger partial charge in [-0.1, -0.05) is 30.3 Å². The number of aliphatic hydroxyl groups is 1. The molecule has 3 N–H and O–H groups in total. The lowest BCUT2D eigenvalue weighted by Gasteiger charge is -2.17. The van der Waals surface area contributed by atoms with E-state index in [1.807, 2.05) is 37.3 Å².